The number of sulfonamides is 1. The molecule has 0 unspecified atom stereocenters. The van der Waals surface area contributed by atoms with Crippen molar-refractivity contribution in [3.63, 3.8) is 0 Å². The van der Waals surface area contributed by atoms with Crippen LogP contribution in [0.15, 0.2) is 63.0 Å². The first kappa shape index (κ1) is 22.7. The number of aryl methyl sites for hydroxylation is 1. The lowest BCUT2D eigenvalue weighted by atomic mass is 10.1. The minimum Gasteiger partial charge on any atom is -0.467 e. The number of aromatic nitrogens is 1. The molecule has 4 heterocycles. The SMILES string of the molecule is O=C(NCc1ccco1)c1cncc(CCCN2CCN(S(=O)(=O)c3cccs3)CC2)c1. The van der Waals surface area contributed by atoms with Crippen molar-refractivity contribution < 1.29 is 17.6 Å². The number of pyridine rings is 1. The lowest BCUT2D eigenvalue weighted by Gasteiger charge is -2.33. The van der Waals surface area contributed by atoms with E-state index < -0.39 is 10.0 Å². The zero-order valence-corrected chi connectivity index (χ0v) is 19.3. The molecule has 0 bridgehead atoms. The highest BCUT2D eigenvalue weighted by Gasteiger charge is 2.28. The van der Waals surface area contributed by atoms with Crippen LogP contribution in [0.5, 0.6) is 0 Å². The molecule has 1 amide bonds. The summed E-state index contributed by atoms with van der Waals surface area (Å²) in [7, 11) is -3.36. The van der Waals surface area contributed by atoms with Crippen LogP contribution >= 0.6 is 11.3 Å². The van der Waals surface area contributed by atoms with E-state index in [1.54, 1.807) is 46.5 Å². The molecule has 32 heavy (non-hydrogen) atoms. The second kappa shape index (κ2) is 10.4. The Kier molecular flexibility index (Phi) is 7.36. The van der Waals surface area contributed by atoms with Gasteiger partial charge in [0, 0.05) is 38.6 Å². The topological polar surface area (TPSA) is 95.8 Å². The van der Waals surface area contributed by atoms with Crippen LogP contribution in [0.25, 0.3) is 0 Å². The number of carbonyl (C=O) groups is 1. The Morgan fingerprint density at radius 3 is 2.72 bits per heavy atom. The lowest BCUT2D eigenvalue weighted by molar-refractivity contribution is 0.0947. The fraction of sp³-hybridized carbons (Fsp3) is 0.364. The summed E-state index contributed by atoms with van der Waals surface area (Å²) in [5.74, 6) is 0.518. The van der Waals surface area contributed by atoms with Gasteiger partial charge in [0.1, 0.15) is 9.97 Å². The molecule has 170 valence electrons. The van der Waals surface area contributed by atoms with Crippen molar-refractivity contribution in [2.75, 3.05) is 32.7 Å². The van der Waals surface area contributed by atoms with Gasteiger partial charge in [-0.1, -0.05) is 6.07 Å². The molecule has 0 spiro atoms. The van der Waals surface area contributed by atoms with Gasteiger partial charge in [0.2, 0.25) is 0 Å². The van der Waals surface area contributed by atoms with Crippen molar-refractivity contribution in [3.8, 4) is 0 Å². The number of thiophene rings is 1. The highest BCUT2D eigenvalue weighted by atomic mass is 32.2. The van der Waals surface area contributed by atoms with E-state index in [-0.39, 0.29) is 5.91 Å². The van der Waals surface area contributed by atoms with E-state index in [1.807, 2.05) is 12.1 Å². The molecule has 1 aliphatic rings. The highest BCUT2D eigenvalue weighted by Crippen LogP contribution is 2.22. The Morgan fingerprint density at radius 2 is 2.00 bits per heavy atom. The number of hydrogen-bond acceptors (Lipinski definition) is 7. The van der Waals surface area contributed by atoms with Gasteiger partial charge in [0.25, 0.3) is 15.9 Å². The first-order valence-electron chi connectivity index (χ1n) is 10.5. The number of amides is 1. The molecule has 3 aromatic heterocycles. The number of rotatable bonds is 9. The third kappa shape index (κ3) is 5.63. The molecular weight excluding hydrogens is 448 g/mol. The molecule has 0 radical (unpaired) electrons. The Labute approximate surface area is 191 Å². The van der Waals surface area contributed by atoms with Crippen LogP contribution in [0.2, 0.25) is 0 Å². The summed E-state index contributed by atoms with van der Waals surface area (Å²) in [4.78, 5) is 18.8. The molecule has 0 atom stereocenters. The van der Waals surface area contributed by atoms with Gasteiger partial charge in [-0.15, -0.1) is 11.3 Å². The summed E-state index contributed by atoms with van der Waals surface area (Å²) in [6, 6.07) is 8.89. The normalized spacial score (nSPS) is 15.6. The Hall–Kier alpha value is -2.53. The van der Waals surface area contributed by atoms with Crippen molar-refractivity contribution >= 4 is 27.3 Å². The average Bonchev–Trinajstić information content (AvgIpc) is 3.53. The van der Waals surface area contributed by atoms with Crippen LogP contribution < -0.4 is 5.32 Å². The quantitative estimate of drug-likeness (QED) is 0.512. The minimum atomic E-state index is -3.36. The first-order chi connectivity index (χ1) is 15.5. The predicted octanol–water partition coefficient (Wildman–Crippen LogP) is 2.61. The van der Waals surface area contributed by atoms with Crippen molar-refractivity contribution in [1.82, 2.24) is 19.5 Å². The summed E-state index contributed by atoms with van der Waals surface area (Å²) in [5, 5.41) is 4.62. The molecule has 0 aliphatic carbocycles. The fourth-order valence-electron chi connectivity index (χ4n) is 3.67. The largest absolute Gasteiger partial charge is 0.467 e. The van der Waals surface area contributed by atoms with E-state index in [9.17, 15) is 13.2 Å². The fourth-order valence-corrected chi connectivity index (χ4v) is 6.24. The maximum Gasteiger partial charge on any atom is 0.253 e. The van der Waals surface area contributed by atoms with E-state index >= 15 is 0 Å². The van der Waals surface area contributed by atoms with Crippen molar-refractivity contribution in [2.24, 2.45) is 0 Å². The van der Waals surface area contributed by atoms with Crippen molar-refractivity contribution in [3.05, 3.63) is 71.3 Å². The van der Waals surface area contributed by atoms with Gasteiger partial charge in [0.15, 0.2) is 0 Å². The third-order valence-electron chi connectivity index (χ3n) is 5.42. The monoisotopic (exact) mass is 474 g/mol. The van der Waals surface area contributed by atoms with Crippen molar-refractivity contribution in [1.29, 1.82) is 0 Å². The Bertz CT molecular complexity index is 1110. The van der Waals surface area contributed by atoms with E-state index in [2.05, 4.69) is 15.2 Å². The molecule has 1 saturated heterocycles. The zero-order valence-electron chi connectivity index (χ0n) is 17.6. The summed E-state index contributed by atoms with van der Waals surface area (Å²) in [5.41, 5.74) is 1.54. The first-order valence-corrected chi connectivity index (χ1v) is 12.8. The summed E-state index contributed by atoms with van der Waals surface area (Å²) < 4.78 is 32.5. The molecule has 8 nitrogen and oxygen atoms in total. The third-order valence-corrected chi connectivity index (χ3v) is 8.69. The standard InChI is InChI=1S/C22H26N4O4S2/c27-22(24-17-20-5-2-12-30-20)19-14-18(15-23-16-19)4-1-7-25-8-10-26(11-9-25)32(28,29)21-6-3-13-31-21/h2-3,5-6,12-16H,1,4,7-11,17H2,(H,24,27). The molecular formula is C22H26N4O4S2. The smallest absolute Gasteiger partial charge is 0.253 e. The number of carbonyl (C=O) groups excluding carboxylic acids is 1. The molecule has 1 fully saturated rings. The van der Waals surface area contributed by atoms with E-state index in [4.69, 9.17) is 4.42 Å². The van der Waals surface area contributed by atoms with Gasteiger partial charge in [-0.25, -0.2) is 8.42 Å². The van der Waals surface area contributed by atoms with Gasteiger partial charge in [-0.3, -0.25) is 9.78 Å². The predicted molar refractivity (Wildman–Crippen MR) is 122 cm³/mol. The molecule has 4 rings (SSSR count). The van der Waals surface area contributed by atoms with Gasteiger partial charge in [-0.2, -0.15) is 4.31 Å². The maximum absolute atomic E-state index is 12.6. The van der Waals surface area contributed by atoms with Crippen LogP contribution in [0.4, 0.5) is 0 Å². The average molecular weight is 475 g/mol. The minimum absolute atomic E-state index is 0.182. The molecule has 1 aliphatic heterocycles. The molecule has 0 aromatic carbocycles. The molecule has 0 saturated carbocycles. The van der Waals surface area contributed by atoms with Crippen LogP contribution in [-0.4, -0.2) is 61.2 Å². The van der Waals surface area contributed by atoms with Gasteiger partial charge in [0.05, 0.1) is 18.4 Å². The lowest BCUT2D eigenvalue weighted by Crippen LogP contribution is -2.48. The summed E-state index contributed by atoms with van der Waals surface area (Å²) in [6.07, 6.45) is 6.64. The van der Waals surface area contributed by atoms with Crippen LogP contribution in [-0.2, 0) is 23.0 Å². The summed E-state index contributed by atoms with van der Waals surface area (Å²) in [6.45, 7) is 3.67. The second-order valence-electron chi connectivity index (χ2n) is 7.63. The van der Waals surface area contributed by atoms with Gasteiger partial charge >= 0.3 is 0 Å². The molecule has 3 aromatic rings. The molecule has 10 heteroatoms. The van der Waals surface area contributed by atoms with Crippen LogP contribution in [0.3, 0.4) is 0 Å². The van der Waals surface area contributed by atoms with Gasteiger partial charge < -0.3 is 14.6 Å². The number of furan rings is 1. The number of hydrogen-bond donors (Lipinski definition) is 1. The second-order valence-corrected chi connectivity index (χ2v) is 10.7. The summed E-state index contributed by atoms with van der Waals surface area (Å²) >= 11 is 1.26. The van der Waals surface area contributed by atoms with E-state index in [0.717, 1.165) is 38.0 Å². The Balaban J connectivity index is 1.21. The van der Waals surface area contributed by atoms with Crippen LogP contribution in [0, 0.1) is 0 Å². The highest BCUT2D eigenvalue weighted by molar-refractivity contribution is 7.91. The molecule has 1 N–H and O–H groups in total. The maximum atomic E-state index is 12.6. The zero-order chi connectivity index (χ0) is 22.4. The van der Waals surface area contributed by atoms with Crippen molar-refractivity contribution in [2.45, 2.75) is 23.6 Å². The number of piperazine rings is 1. The van der Waals surface area contributed by atoms with E-state index in [0.29, 0.717) is 35.2 Å². The number of nitrogens with one attached hydrogen (secondary N) is 1. The van der Waals surface area contributed by atoms with Gasteiger partial charge in [-0.05, 0) is 54.6 Å². The number of nitrogens with zero attached hydrogens (tertiary/aromatic N) is 3. The Morgan fingerprint density at radius 1 is 1.16 bits per heavy atom. The van der Waals surface area contributed by atoms with Crippen LogP contribution in [0.1, 0.15) is 28.1 Å². The van der Waals surface area contributed by atoms with E-state index in [1.165, 1.54) is 11.3 Å².